The van der Waals surface area contributed by atoms with Crippen LogP contribution >= 0.6 is 0 Å². The number of rotatable bonds is 4. The van der Waals surface area contributed by atoms with Crippen molar-refractivity contribution >= 4 is 21.8 Å². The number of hydrogen-bond donors (Lipinski definition) is 0. The van der Waals surface area contributed by atoms with E-state index in [-0.39, 0.29) is 5.41 Å². The first-order valence-corrected chi connectivity index (χ1v) is 18.8. The van der Waals surface area contributed by atoms with Crippen molar-refractivity contribution in [1.82, 2.24) is 19.5 Å². The van der Waals surface area contributed by atoms with Crippen molar-refractivity contribution in [3.63, 3.8) is 0 Å². The highest BCUT2D eigenvalue weighted by Crippen LogP contribution is 2.65. The van der Waals surface area contributed by atoms with E-state index < -0.39 is 0 Å². The second kappa shape index (κ2) is 11.3. The van der Waals surface area contributed by atoms with Crippen LogP contribution in [0.4, 0.5) is 0 Å². The number of hydrogen-bond acceptors (Lipinski definition) is 3. The largest absolute Gasteiger partial charge is 0.309 e. The van der Waals surface area contributed by atoms with Gasteiger partial charge in [0.05, 0.1) is 11.0 Å². The van der Waals surface area contributed by atoms with E-state index in [1.54, 1.807) is 0 Å². The van der Waals surface area contributed by atoms with Crippen molar-refractivity contribution in [2.24, 2.45) is 17.8 Å². The highest BCUT2D eigenvalue weighted by molar-refractivity contribution is 6.09. The Balaban J connectivity index is 1.09. The Morgan fingerprint density at radius 3 is 1.90 bits per heavy atom. The van der Waals surface area contributed by atoms with E-state index in [1.165, 1.54) is 69.7 Å². The fourth-order valence-electron chi connectivity index (χ4n) is 10.6. The standard InChI is InChI=1S/C48H38N4/c1-30-26-31-22-24-35(27-31)48(30)41-19-8-5-16-37(41)40-29-34(23-25-42(40)48)47-50-45(32-12-3-2-4-13-32)49-46(51-47)33-14-11-15-36(28-33)52-43-20-9-6-17-38(43)39-18-7-10-21-44(39)52/h2-21,23,25,28-31,35H,22,24,26-27H2,1H3/t30-,31+,35+,48?/m1/s1. The predicted molar refractivity (Wildman–Crippen MR) is 211 cm³/mol. The summed E-state index contributed by atoms with van der Waals surface area (Å²) in [6.45, 7) is 2.52. The average molecular weight is 671 g/mol. The minimum Gasteiger partial charge on any atom is -0.309 e. The Hall–Kier alpha value is -5.87. The van der Waals surface area contributed by atoms with E-state index >= 15 is 0 Å². The fourth-order valence-corrected chi connectivity index (χ4v) is 10.6. The molecule has 2 heterocycles. The second-order valence-corrected chi connectivity index (χ2v) is 15.3. The molecule has 2 aromatic heterocycles. The summed E-state index contributed by atoms with van der Waals surface area (Å²) in [5, 5.41) is 2.49. The Bertz CT molecular complexity index is 2640. The first-order chi connectivity index (χ1) is 25.7. The summed E-state index contributed by atoms with van der Waals surface area (Å²) < 4.78 is 2.35. The number of nitrogens with zero attached hydrogens (tertiary/aromatic N) is 4. The van der Waals surface area contributed by atoms with Gasteiger partial charge in [-0.1, -0.05) is 129 Å². The van der Waals surface area contributed by atoms with E-state index in [4.69, 9.17) is 15.0 Å². The van der Waals surface area contributed by atoms with Crippen molar-refractivity contribution in [2.75, 3.05) is 0 Å². The molecule has 11 rings (SSSR count). The SMILES string of the molecule is C[C@@H]1C[C@@H]2CC[C@@H](C2)C12c1ccccc1-c1cc(-c3nc(-c4ccccc4)nc(-c4cccc(-n5c6ccccc6c6ccccc65)c4)n3)ccc12. The highest BCUT2D eigenvalue weighted by atomic mass is 15.0. The zero-order valence-electron chi connectivity index (χ0n) is 29.2. The molecule has 52 heavy (non-hydrogen) atoms. The molecule has 0 N–H and O–H groups in total. The van der Waals surface area contributed by atoms with E-state index in [0.717, 1.165) is 28.3 Å². The van der Waals surface area contributed by atoms with E-state index in [2.05, 4.69) is 139 Å². The van der Waals surface area contributed by atoms with Crippen molar-refractivity contribution in [2.45, 2.75) is 38.0 Å². The van der Waals surface area contributed by atoms with Gasteiger partial charge in [-0.05, 0) is 89.6 Å². The first kappa shape index (κ1) is 29.8. The molecular weight excluding hydrogens is 633 g/mol. The lowest BCUT2D eigenvalue weighted by molar-refractivity contribution is 0.162. The predicted octanol–water partition coefficient (Wildman–Crippen LogP) is 11.7. The molecule has 0 saturated heterocycles. The third-order valence-electron chi connectivity index (χ3n) is 12.6. The minimum atomic E-state index is 0.0875. The molecule has 4 heteroatoms. The van der Waals surface area contributed by atoms with Crippen LogP contribution in [0.1, 0.15) is 43.7 Å². The summed E-state index contributed by atoms with van der Waals surface area (Å²) in [4.78, 5) is 15.5. The topological polar surface area (TPSA) is 43.6 Å². The molecule has 6 aromatic carbocycles. The van der Waals surface area contributed by atoms with Crippen LogP contribution in [0.15, 0.2) is 146 Å². The number of benzene rings is 6. The van der Waals surface area contributed by atoms with E-state index in [1.807, 2.05) is 18.2 Å². The molecule has 8 aromatic rings. The average Bonchev–Trinajstić information content (AvgIpc) is 3.86. The fraction of sp³-hybridized carbons (Fsp3) is 0.188. The molecule has 4 atom stereocenters. The highest BCUT2D eigenvalue weighted by Gasteiger charge is 2.56. The third kappa shape index (κ3) is 4.24. The number of aromatic nitrogens is 4. The summed E-state index contributed by atoms with van der Waals surface area (Å²) in [6.07, 6.45) is 5.37. The molecule has 0 radical (unpaired) electrons. The second-order valence-electron chi connectivity index (χ2n) is 15.3. The van der Waals surface area contributed by atoms with Gasteiger partial charge in [0.2, 0.25) is 0 Å². The van der Waals surface area contributed by atoms with Gasteiger partial charge in [0.15, 0.2) is 17.5 Å². The molecule has 2 bridgehead atoms. The van der Waals surface area contributed by atoms with Gasteiger partial charge in [0.25, 0.3) is 0 Å². The Morgan fingerprint density at radius 2 is 1.13 bits per heavy atom. The van der Waals surface area contributed by atoms with E-state index in [0.29, 0.717) is 29.3 Å². The molecule has 250 valence electrons. The quantitative estimate of drug-likeness (QED) is 0.187. The van der Waals surface area contributed by atoms with Crippen LogP contribution in [-0.4, -0.2) is 19.5 Å². The summed E-state index contributed by atoms with van der Waals surface area (Å²) in [6, 6.07) is 52.5. The van der Waals surface area contributed by atoms with Crippen molar-refractivity contribution in [3.05, 3.63) is 157 Å². The molecule has 1 spiro atoms. The van der Waals surface area contributed by atoms with Crippen molar-refractivity contribution in [3.8, 4) is 51.0 Å². The molecule has 4 nitrogen and oxygen atoms in total. The molecule has 2 fully saturated rings. The number of fused-ring (bicyclic) bond motifs is 11. The van der Waals surface area contributed by atoms with Gasteiger partial charge < -0.3 is 4.57 Å². The molecule has 3 aliphatic rings. The summed E-state index contributed by atoms with van der Waals surface area (Å²) >= 11 is 0. The third-order valence-corrected chi connectivity index (χ3v) is 12.6. The zero-order chi connectivity index (χ0) is 34.4. The summed E-state index contributed by atoms with van der Waals surface area (Å²) in [5.74, 6) is 4.24. The molecule has 1 unspecified atom stereocenters. The molecule has 3 aliphatic carbocycles. The molecular formula is C48H38N4. The maximum Gasteiger partial charge on any atom is 0.164 e. The number of para-hydroxylation sites is 2. The summed E-state index contributed by atoms with van der Waals surface area (Å²) in [7, 11) is 0. The van der Waals surface area contributed by atoms with E-state index in [9.17, 15) is 0 Å². The van der Waals surface area contributed by atoms with Gasteiger partial charge in [0, 0.05) is 38.6 Å². The zero-order valence-corrected chi connectivity index (χ0v) is 29.2. The van der Waals surface area contributed by atoms with Gasteiger partial charge >= 0.3 is 0 Å². The Labute approximate surface area is 303 Å². The molecule has 0 aliphatic heterocycles. The Kier molecular flexibility index (Phi) is 6.49. The van der Waals surface area contributed by atoms with Crippen molar-refractivity contribution < 1.29 is 0 Å². The lowest BCUT2D eigenvalue weighted by Crippen LogP contribution is -2.43. The van der Waals surface area contributed by atoms with Gasteiger partial charge in [-0.15, -0.1) is 0 Å². The van der Waals surface area contributed by atoms with Crippen LogP contribution in [0.5, 0.6) is 0 Å². The normalized spacial score (nSPS) is 21.5. The Morgan fingerprint density at radius 1 is 0.519 bits per heavy atom. The maximum absolute atomic E-state index is 5.25. The molecule has 0 amide bonds. The van der Waals surface area contributed by atoms with Gasteiger partial charge in [-0.25, -0.2) is 15.0 Å². The van der Waals surface area contributed by atoms with Crippen LogP contribution < -0.4 is 0 Å². The van der Waals surface area contributed by atoms with Crippen molar-refractivity contribution in [1.29, 1.82) is 0 Å². The van der Waals surface area contributed by atoms with Gasteiger partial charge in [-0.2, -0.15) is 0 Å². The van der Waals surface area contributed by atoms with Crippen LogP contribution in [0, 0.1) is 17.8 Å². The minimum absolute atomic E-state index is 0.0875. The van der Waals surface area contributed by atoms with Gasteiger partial charge in [-0.3, -0.25) is 0 Å². The van der Waals surface area contributed by atoms with Gasteiger partial charge in [0.1, 0.15) is 0 Å². The van der Waals surface area contributed by atoms with Crippen LogP contribution in [0.25, 0.3) is 72.8 Å². The molecule has 2 saturated carbocycles. The lowest BCUT2D eigenvalue weighted by atomic mass is 9.56. The summed E-state index contributed by atoms with van der Waals surface area (Å²) in [5.41, 5.74) is 12.2. The monoisotopic (exact) mass is 670 g/mol. The smallest absolute Gasteiger partial charge is 0.164 e. The van der Waals surface area contributed by atoms with Crippen LogP contribution in [-0.2, 0) is 5.41 Å². The maximum atomic E-state index is 5.25. The lowest BCUT2D eigenvalue weighted by Gasteiger charge is -2.46. The van der Waals surface area contributed by atoms with Crippen LogP contribution in [0.3, 0.4) is 0 Å². The van der Waals surface area contributed by atoms with Crippen LogP contribution in [0.2, 0.25) is 0 Å². The first-order valence-electron chi connectivity index (χ1n) is 18.8.